The molecule has 2 aromatic rings. The number of benzene rings is 2. The van der Waals surface area contributed by atoms with Crippen LogP contribution in [0, 0.1) is 5.41 Å². The van der Waals surface area contributed by atoms with Crippen LogP contribution in [0.3, 0.4) is 0 Å². The standard InChI is InChI=1S/C30H34N2O10S/c1-29(2,27(36)40-15-17-11-8-7-9-12-17)28(37)42-16-41-26(35)22-30(3,4)43-25-21(24(34)32(22)25)31-23(33)20-18(38-5)13-10-14-19(20)39-6/h7-14,21-22,25H,15-16H2,1-6H3,(H,31,33)/t21-,22+,25-/m1/s1. The van der Waals surface area contributed by atoms with E-state index in [-0.39, 0.29) is 23.7 Å². The van der Waals surface area contributed by atoms with Gasteiger partial charge in [-0.25, -0.2) is 4.79 Å². The number of nitrogens with one attached hydrogen (secondary N) is 1. The highest BCUT2D eigenvalue weighted by atomic mass is 32.2. The fourth-order valence-corrected chi connectivity index (χ4v) is 6.42. The number of carbonyl (C=O) groups is 5. The van der Waals surface area contributed by atoms with Crippen LogP contribution in [0.5, 0.6) is 11.5 Å². The number of hydrogen-bond donors (Lipinski definition) is 1. The summed E-state index contributed by atoms with van der Waals surface area (Å²) < 4.78 is 25.3. The lowest BCUT2D eigenvalue weighted by Crippen LogP contribution is -2.70. The van der Waals surface area contributed by atoms with E-state index < -0.39 is 64.1 Å². The van der Waals surface area contributed by atoms with Crippen molar-refractivity contribution in [1.29, 1.82) is 0 Å². The van der Waals surface area contributed by atoms with Gasteiger partial charge in [-0.3, -0.25) is 19.2 Å². The first-order valence-corrected chi connectivity index (χ1v) is 14.3. The van der Waals surface area contributed by atoms with E-state index in [2.05, 4.69) is 5.32 Å². The number of methoxy groups -OCH3 is 2. The fraction of sp³-hybridized carbons (Fsp3) is 0.433. The van der Waals surface area contributed by atoms with Crippen LogP contribution in [0.25, 0.3) is 0 Å². The number of esters is 3. The molecule has 2 saturated heterocycles. The molecule has 0 aliphatic carbocycles. The molecule has 0 bridgehead atoms. The molecule has 2 aromatic carbocycles. The number of thioether (sulfide) groups is 1. The van der Waals surface area contributed by atoms with Crippen molar-refractivity contribution >= 4 is 41.5 Å². The highest BCUT2D eigenvalue weighted by Gasteiger charge is 2.64. The highest BCUT2D eigenvalue weighted by molar-refractivity contribution is 8.01. The lowest BCUT2D eigenvalue weighted by atomic mass is 9.94. The lowest BCUT2D eigenvalue weighted by molar-refractivity contribution is -0.184. The van der Waals surface area contributed by atoms with E-state index in [0.717, 1.165) is 5.56 Å². The number of rotatable bonds is 11. The second kappa shape index (κ2) is 12.5. The van der Waals surface area contributed by atoms with Gasteiger partial charge in [0, 0.05) is 4.75 Å². The van der Waals surface area contributed by atoms with E-state index in [4.69, 9.17) is 23.7 Å². The van der Waals surface area contributed by atoms with Crippen LogP contribution in [0.1, 0.15) is 43.6 Å². The number of hydrogen-bond acceptors (Lipinski definition) is 11. The molecular weight excluding hydrogens is 580 g/mol. The van der Waals surface area contributed by atoms with Gasteiger partial charge < -0.3 is 33.9 Å². The number of carbonyl (C=O) groups excluding carboxylic acids is 5. The Morgan fingerprint density at radius 3 is 2.12 bits per heavy atom. The largest absolute Gasteiger partial charge is 0.496 e. The molecular formula is C30H34N2O10S. The Kier molecular flexibility index (Phi) is 9.24. The molecule has 0 unspecified atom stereocenters. The van der Waals surface area contributed by atoms with Crippen LogP contribution in [-0.2, 0) is 40.0 Å². The van der Waals surface area contributed by atoms with E-state index in [1.54, 1.807) is 56.3 Å². The smallest absolute Gasteiger partial charge is 0.333 e. The molecule has 2 amide bonds. The van der Waals surface area contributed by atoms with Crippen LogP contribution >= 0.6 is 11.8 Å². The Bertz CT molecular complexity index is 1390. The average molecular weight is 615 g/mol. The summed E-state index contributed by atoms with van der Waals surface area (Å²) in [4.78, 5) is 65.9. The molecule has 2 heterocycles. The molecule has 0 aromatic heterocycles. The lowest BCUT2D eigenvalue weighted by Gasteiger charge is -2.43. The van der Waals surface area contributed by atoms with Crippen molar-refractivity contribution in [2.24, 2.45) is 5.41 Å². The summed E-state index contributed by atoms with van der Waals surface area (Å²) in [5.41, 5.74) is -0.755. The van der Waals surface area contributed by atoms with Crippen molar-refractivity contribution in [2.45, 2.75) is 56.5 Å². The van der Waals surface area contributed by atoms with Crippen LogP contribution in [-0.4, -0.2) is 77.8 Å². The van der Waals surface area contributed by atoms with E-state index in [0.29, 0.717) is 0 Å². The zero-order valence-corrected chi connectivity index (χ0v) is 25.5. The Morgan fingerprint density at radius 2 is 1.51 bits per heavy atom. The van der Waals surface area contributed by atoms with Gasteiger partial charge in [0.05, 0.1) is 14.2 Å². The maximum Gasteiger partial charge on any atom is 0.333 e. The molecule has 1 N–H and O–H groups in total. The molecule has 230 valence electrons. The Morgan fingerprint density at radius 1 is 0.907 bits per heavy atom. The summed E-state index contributed by atoms with van der Waals surface area (Å²) in [6.07, 6.45) is 0. The van der Waals surface area contributed by atoms with Crippen molar-refractivity contribution in [2.75, 3.05) is 21.0 Å². The summed E-state index contributed by atoms with van der Waals surface area (Å²) >= 11 is 1.33. The highest BCUT2D eigenvalue weighted by Crippen LogP contribution is 2.51. The van der Waals surface area contributed by atoms with Crippen LogP contribution < -0.4 is 14.8 Å². The molecule has 43 heavy (non-hydrogen) atoms. The summed E-state index contributed by atoms with van der Waals surface area (Å²) in [6, 6.07) is 12.0. The third kappa shape index (κ3) is 6.26. The number of ether oxygens (including phenoxy) is 5. The van der Waals surface area contributed by atoms with E-state index >= 15 is 0 Å². The van der Waals surface area contributed by atoms with Crippen molar-refractivity contribution in [3.63, 3.8) is 0 Å². The molecule has 0 radical (unpaired) electrons. The SMILES string of the molecule is COc1cccc(OC)c1C(=O)N[C@@H]1C(=O)N2[C@@H]1SC(C)(C)[C@@H]2C(=O)OCOC(=O)C(C)(C)C(=O)OCc1ccccc1. The zero-order valence-electron chi connectivity index (χ0n) is 24.7. The normalized spacial score (nSPS) is 20.3. The van der Waals surface area contributed by atoms with Gasteiger partial charge in [0.15, 0.2) is 5.41 Å². The van der Waals surface area contributed by atoms with Gasteiger partial charge in [0.1, 0.15) is 41.1 Å². The molecule has 2 aliphatic rings. The summed E-state index contributed by atoms with van der Waals surface area (Å²) in [5, 5.41) is 2.19. The third-order valence-electron chi connectivity index (χ3n) is 7.23. The van der Waals surface area contributed by atoms with E-state index in [1.165, 1.54) is 44.7 Å². The summed E-state index contributed by atoms with van der Waals surface area (Å²) in [5.74, 6) is -2.99. The zero-order chi connectivity index (χ0) is 31.5. The quantitative estimate of drug-likeness (QED) is 0.172. The van der Waals surface area contributed by atoms with Crippen molar-refractivity contribution in [3.8, 4) is 11.5 Å². The molecule has 3 atom stereocenters. The average Bonchev–Trinajstić information content (AvgIpc) is 3.25. The van der Waals surface area contributed by atoms with Gasteiger partial charge >= 0.3 is 17.9 Å². The first-order chi connectivity index (χ1) is 20.3. The topological polar surface area (TPSA) is 147 Å². The van der Waals surface area contributed by atoms with Crippen LogP contribution in [0.2, 0.25) is 0 Å². The number of amides is 2. The van der Waals surface area contributed by atoms with Gasteiger partial charge in [-0.05, 0) is 45.4 Å². The molecule has 2 aliphatic heterocycles. The fourth-order valence-electron chi connectivity index (χ4n) is 4.80. The van der Waals surface area contributed by atoms with Crippen molar-refractivity contribution in [3.05, 3.63) is 59.7 Å². The van der Waals surface area contributed by atoms with Crippen molar-refractivity contribution < 1.29 is 47.7 Å². The minimum Gasteiger partial charge on any atom is -0.496 e. The third-order valence-corrected chi connectivity index (χ3v) is 8.80. The van der Waals surface area contributed by atoms with Gasteiger partial charge in [0.25, 0.3) is 5.91 Å². The van der Waals surface area contributed by atoms with Crippen LogP contribution in [0.4, 0.5) is 0 Å². The number of β-lactam (4-membered cyclic amide) rings is 1. The molecule has 13 heteroatoms. The Balaban J connectivity index is 1.33. The maximum atomic E-state index is 13.2. The molecule has 4 rings (SSSR count). The Labute approximate surface area is 253 Å². The minimum absolute atomic E-state index is 0.0152. The van der Waals surface area contributed by atoms with Gasteiger partial charge in [-0.15, -0.1) is 11.8 Å². The van der Waals surface area contributed by atoms with Crippen molar-refractivity contribution in [1.82, 2.24) is 10.2 Å². The predicted molar refractivity (Wildman–Crippen MR) is 154 cm³/mol. The predicted octanol–water partition coefficient (Wildman–Crippen LogP) is 2.68. The molecule has 12 nitrogen and oxygen atoms in total. The summed E-state index contributed by atoms with van der Waals surface area (Å²) in [6.45, 7) is 5.47. The second-order valence-electron chi connectivity index (χ2n) is 10.9. The van der Waals surface area contributed by atoms with Gasteiger partial charge in [-0.2, -0.15) is 0 Å². The second-order valence-corrected chi connectivity index (χ2v) is 12.7. The monoisotopic (exact) mass is 614 g/mol. The Hall–Kier alpha value is -4.26. The molecule has 2 fully saturated rings. The van der Waals surface area contributed by atoms with Crippen LogP contribution in [0.15, 0.2) is 48.5 Å². The molecule has 0 saturated carbocycles. The maximum absolute atomic E-state index is 13.2. The first-order valence-electron chi connectivity index (χ1n) is 13.4. The van der Waals surface area contributed by atoms with E-state index in [1.807, 2.05) is 6.07 Å². The molecule has 0 spiro atoms. The van der Waals surface area contributed by atoms with Gasteiger partial charge in [0.2, 0.25) is 12.7 Å². The number of fused-ring (bicyclic) bond motifs is 1. The summed E-state index contributed by atoms with van der Waals surface area (Å²) in [7, 11) is 2.84. The number of nitrogens with zero attached hydrogens (tertiary/aromatic N) is 1. The minimum atomic E-state index is -1.66. The van der Waals surface area contributed by atoms with E-state index in [9.17, 15) is 24.0 Å². The first kappa shape index (κ1) is 31.7. The van der Waals surface area contributed by atoms with Gasteiger partial charge in [-0.1, -0.05) is 36.4 Å².